The van der Waals surface area contributed by atoms with E-state index in [1.807, 2.05) is 24.3 Å². The van der Waals surface area contributed by atoms with Gasteiger partial charge in [-0.1, -0.05) is 24.3 Å². The Morgan fingerprint density at radius 1 is 1.12 bits per heavy atom. The number of nitriles is 1. The molecular weight excluding hydrogens is 326 g/mol. The van der Waals surface area contributed by atoms with Crippen LogP contribution in [0, 0.1) is 11.3 Å². The first kappa shape index (κ1) is 16.8. The number of nitrogens with zero attached hydrogens (tertiary/aromatic N) is 3. The van der Waals surface area contributed by atoms with Crippen molar-refractivity contribution in [2.75, 3.05) is 26.2 Å². The van der Waals surface area contributed by atoms with E-state index in [0.717, 1.165) is 54.2 Å². The van der Waals surface area contributed by atoms with Crippen LogP contribution in [0.3, 0.4) is 0 Å². The summed E-state index contributed by atoms with van der Waals surface area (Å²) in [6, 6.07) is 16.3. The molecule has 2 heterocycles. The lowest BCUT2D eigenvalue weighted by Crippen LogP contribution is -2.38. The molecule has 0 aliphatic carbocycles. The summed E-state index contributed by atoms with van der Waals surface area (Å²) >= 11 is 0. The molecule has 0 unspecified atom stereocenters. The van der Waals surface area contributed by atoms with E-state index in [2.05, 4.69) is 34.2 Å². The Kier molecular flexibility index (Phi) is 4.70. The van der Waals surface area contributed by atoms with E-state index >= 15 is 0 Å². The van der Waals surface area contributed by atoms with E-state index < -0.39 is 0 Å². The van der Waals surface area contributed by atoms with Crippen LogP contribution in [0.4, 0.5) is 0 Å². The number of piperidine rings is 1. The normalized spacial score (nSPS) is 16.0. The lowest BCUT2D eigenvalue weighted by atomic mass is 10.1. The molecule has 4 rings (SSSR count). The molecule has 0 spiro atoms. The van der Waals surface area contributed by atoms with Crippen LogP contribution >= 0.6 is 0 Å². The molecule has 132 valence electrons. The van der Waals surface area contributed by atoms with E-state index in [1.54, 1.807) is 0 Å². The lowest BCUT2D eigenvalue weighted by molar-refractivity contribution is 0.0751. The maximum Gasteiger partial charge on any atom is 0.232 e. The zero-order valence-corrected chi connectivity index (χ0v) is 14.6. The zero-order chi connectivity index (χ0) is 17.9. The van der Waals surface area contributed by atoms with Gasteiger partial charge in [0.1, 0.15) is 18.2 Å². The number of benzene rings is 2. The van der Waals surface area contributed by atoms with Gasteiger partial charge in [0.2, 0.25) is 5.88 Å². The number of ether oxygens (including phenoxy) is 1. The highest BCUT2D eigenvalue weighted by atomic mass is 16.5. The van der Waals surface area contributed by atoms with Crippen molar-refractivity contribution in [1.29, 1.82) is 5.26 Å². The van der Waals surface area contributed by atoms with Crippen molar-refractivity contribution in [3.8, 4) is 11.9 Å². The lowest BCUT2D eigenvalue weighted by Gasteiger charge is -2.29. The summed E-state index contributed by atoms with van der Waals surface area (Å²) in [6.45, 7) is 3.02. The van der Waals surface area contributed by atoms with Crippen LogP contribution in [0.5, 0.6) is 5.88 Å². The van der Waals surface area contributed by atoms with Gasteiger partial charge >= 0.3 is 0 Å². The molecule has 0 bridgehead atoms. The van der Waals surface area contributed by atoms with Crippen molar-refractivity contribution in [3.63, 3.8) is 0 Å². The van der Waals surface area contributed by atoms with Crippen LogP contribution in [-0.2, 0) is 0 Å². The molecule has 26 heavy (non-hydrogen) atoms. The molecule has 2 aromatic carbocycles. The monoisotopic (exact) mass is 347 g/mol. The highest BCUT2D eigenvalue weighted by Gasteiger charge is 2.17. The predicted octanol–water partition coefficient (Wildman–Crippen LogP) is 3.10. The van der Waals surface area contributed by atoms with Crippen molar-refractivity contribution in [2.45, 2.75) is 18.9 Å². The minimum Gasteiger partial charge on any atom is -0.475 e. The van der Waals surface area contributed by atoms with Gasteiger partial charge in [-0.2, -0.15) is 5.26 Å². The molecule has 5 nitrogen and oxygen atoms in total. The number of hydrogen-bond donors (Lipinski definition) is 1. The number of rotatable bonds is 4. The molecule has 0 atom stereocenters. The summed E-state index contributed by atoms with van der Waals surface area (Å²) in [5, 5.41) is 22.2. The molecule has 5 heteroatoms. The van der Waals surface area contributed by atoms with Gasteiger partial charge < -0.3 is 9.84 Å². The summed E-state index contributed by atoms with van der Waals surface area (Å²) in [4.78, 5) is 6.86. The Balaban J connectivity index is 1.54. The average Bonchev–Trinajstić information content (AvgIpc) is 2.67. The minimum absolute atomic E-state index is 0.172. The van der Waals surface area contributed by atoms with Crippen LogP contribution in [0.2, 0.25) is 0 Å². The number of likely N-dealkylation sites (tertiary alicyclic amines) is 1. The zero-order valence-electron chi connectivity index (χ0n) is 14.6. The molecular formula is C21H21N3O2. The topological polar surface area (TPSA) is 69.4 Å². The van der Waals surface area contributed by atoms with Crippen molar-refractivity contribution in [2.24, 2.45) is 0 Å². The van der Waals surface area contributed by atoms with Gasteiger partial charge in [-0.3, -0.25) is 4.90 Å². The third-order valence-electron chi connectivity index (χ3n) is 4.97. The Hall–Kier alpha value is -2.68. The average molecular weight is 347 g/mol. The first-order chi connectivity index (χ1) is 12.7. The van der Waals surface area contributed by atoms with E-state index in [-0.39, 0.29) is 6.10 Å². The van der Waals surface area contributed by atoms with Gasteiger partial charge in [-0.25, -0.2) is 4.98 Å². The molecule has 1 aliphatic rings. The van der Waals surface area contributed by atoms with Crippen LogP contribution in [-0.4, -0.2) is 47.3 Å². The van der Waals surface area contributed by atoms with Gasteiger partial charge in [-0.05, 0) is 41.8 Å². The van der Waals surface area contributed by atoms with Gasteiger partial charge in [0.05, 0.1) is 11.6 Å². The van der Waals surface area contributed by atoms with Crippen LogP contribution in [0.1, 0.15) is 18.4 Å². The van der Waals surface area contributed by atoms with Crippen molar-refractivity contribution in [3.05, 3.63) is 48.0 Å². The smallest absolute Gasteiger partial charge is 0.232 e. The fourth-order valence-corrected chi connectivity index (χ4v) is 3.45. The summed E-state index contributed by atoms with van der Waals surface area (Å²) < 4.78 is 5.84. The van der Waals surface area contributed by atoms with Crippen LogP contribution in [0.25, 0.3) is 21.7 Å². The Morgan fingerprint density at radius 3 is 2.58 bits per heavy atom. The number of aliphatic hydroxyl groups excluding tert-OH is 1. The van der Waals surface area contributed by atoms with E-state index in [0.29, 0.717) is 18.1 Å². The second kappa shape index (κ2) is 7.28. The van der Waals surface area contributed by atoms with E-state index in [9.17, 15) is 10.4 Å². The van der Waals surface area contributed by atoms with Crippen molar-refractivity contribution in [1.82, 2.24) is 9.88 Å². The Morgan fingerprint density at radius 2 is 1.85 bits per heavy atom. The quantitative estimate of drug-likeness (QED) is 0.735. The minimum atomic E-state index is -0.172. The fraction of sp³-hybridized carbons (Fsp3) is 0.333. The molecule has 1 aliphatic heterocycles. The molecule has 3 aromatic rings. The molecule has 0 radical (unpaired) electrons. The van der Waals surface area contributed by atoms with Crippen molar-refractivity contribution < 1.29 is 9.84 Å². The number of fused-ring (bicyclic) bond motifs is 2. The predicted molar refractivity (Wildman–Crippen MR) is 101 cm³/mol. The number of aliphatic hydroxyl groups is 1. The van der Waals surface area contributed by atoms with Gasteiger partial charge in [0.25, 0.3) is 0 Å². The number of hydrogen-bond acceptors (Lipinski definition) is 5. The summed E-state index contributed by atoms with van der Waals surface area (Å²) in [6.07, 6.45) is 1.45. The highest BCUT2D eigenvalue weighted by molar-refractivity contribution is 5.97. The summed E-state index contributed by atoms with van der Waals surface area (Å²) in [5.74, 6) is 0.396. The van der Waals surface area contributed by atoms with Gasteiger partial charge in [0.15, 0.2) is 0 Å². The standard InChI is InChI=1S/C21H21N3O2/c22-14-18-12-17-11-15-3-1-2-4-16(15)13-20(17)23-21(18)26-10-9-24-7-5-19(25)6-8-24/h1-4,11-13,19,25H,5-10H2. The molecule has 1 saturated heterocycles. The molecule has 0 saturated carbocycles. The SMILES string of the molecule is N#Cc1cc2cc3ccccc3cc2nc1OCCN1CCC(O)CC1. The largest absolute Gasteiger partial charge is 0.475 e. The Labute approximate surface area is 152 Å². The molecule has 0 amide bonds. The van der Waals surface area contributed by atoms with Crippen LogP contribution < -0.4 is 4.74 Å². The fourth-order valence-electron chi connectivity index (χ4n) is 3.45. The third-order valence-corrected chi connectivity index (χ3v) is 4.97. The van der Waals surface area contributed by atoms with Gasteiger partial charge in [0, 0.05) is 25.0 Å². The van der Waals surface area contributed by atoms with Crippen LogP contribution in [0.15, 0.2) is 42.5 Å². The second-order valence-electron chi connectivity index (χ2n) is 6.77. The van der Waals surface area contributed by atoms with E-state index in [1.165, 1.54) is 0 Å². The first-order valence-electron chi connectivity index (χ1n) is 9.00. The molecule has 1 fully saturated rings. The number of pyridine rings is 1. The third kappa shape index (κ3) is 3.48. The molecule has 1 aromatic heterocycles. The maximum atomic E-state index is 9.57. The van der Waals surface area contributed by atoms with Crippen molar-refractivity contribution >= 4 is 21.7 Å². The molecule has 1 N–H and O–H groups in total. The van der Waals surface area contributed by atoms with E-state index in [4.69, 9.17) is 4.74 Å². The summed E-state index contributed by atoms with van der Waals surface area (Å²) in [7, 11) is 0. The number of aromatic nitrogens is 1. The van der Waals surface area contributed by atoms with Gasteiger partial charge in [-0.15, -0.1) is 0 Å². The first-order valence-corrected chi connectivity index (χ1v) is 9.00. The maximum absolute atomic E-state index is 9.57. The highest BCUT2D eigenvalue weighted by Crippen LogP contribution is 2.26. The Bertz CT molecular complexity index is 972. The summed E-state index contributed by atoms with van der Waals surface area (Å²) in [5.41, 5.74) is 1.29. The second-order valence-corrected chi connectivity index (χ2v) is 6.77.